The van der Waals surface area contributed by atoms with E-state index < -0.39 is 51.0 Å². The fourth-order valence-corrected chi connectivity index (χ4v) is 1.68. The number of aliphatic hydroxyl groups is 2. The SMILES string of the molecule is CCC(CO)(CO)COC(=O)C(C)(OC(=O)C(C)(C)Br)OC(=O)C(C)(C)Br. The molecule has 0 saturated heterocycles. The van der Waals surface area contributed by atoms with Gasteiger partial charge in [0.15, 0.2) is 0 Å². The molecule has 0 amide bonds. The topological polar surface area (TPSA) is 119 Å². The molecule has 2 N–H and O–H groups in total. The highest BCUT2D eigenvalue weighted by molar-refractivity contribution is 9.10. The van der Waals surface area contributed by atoms with Crippen LogP contribution in [-0.2, 0) is 28.6 Å². The van der Waals surface area contributed by atoms with E-state index in [9.17, 15) is 24.6 Å². The van der Waals surface area contributed by atoms with Gasteiger partial charge in [0.1, 0.15) is 15.3 Å². The van der Waals surface area contributed by atoms with Crippen molar-refractivity contribution in [3.8, 4) is 0 Å². The molecule has 0 heterocycles. The molecular formula is C17H28Br2O8. The highest BCUT2D eigenvalue weighted by Crippen LogP contribution is 2.29. The van der Waals surface area contributed by atoms with E-state index in [1.807, 2.05) is 0 Å². The lowest BCUT2D eigenvalue weighted by molar-refractivity contribution is -0.238. The first-order valence-electron chi connectivity index (χ1n) is 8.30. The van der Waals surface area contributed by atoms with Crippen molar-refractivity contribution in [2.24, 2.45) is 5.41 Å². The summed E-state index contributed by atoms with van der Waals surface area (Å²) in [5, 5.41) is 18.9. The predicted octanol–water partition coefficient (Wildman–Crippen LogP) is 2.06. The zero-order chi connectivity index (χ0) is 21.7. The number of esters is 3. The quantitative estimate of drug-likeness (QED) is 0.255. The maximum Gasteiger partial charge on any atom is 0.392 e. The van der Waals surface area contributed by atoms with Crippen LogP contribution in [0.2, 0.25) is 0 Å². The minimum Gasteiger partial charge on any atom is -0.459 e. The minimum absolute atomic E-state index is 0.326. The Labute approximate surface area is 176 Å². The Bertz CT molecular complexity index is 508. The van der Waals surface area contributed by atoms with Gasteiger partial charge in [-0.25, -0.2) is 4.79 Å². The van der Waals surface area contributed by atoms with E-state index in [0.717, 1.165) is 6.92 Å². The zero-order valence-corrected chi connectivity index (χ0v) is 19.6. The molecule has 0 unspecified atom stereocenters. The number of hydrogen-bond acceptors (Lipinski definition) is 8. The van der Waals surface area contributed by atoms with Crippen LogP contribution in [0.4, 0.5) is 0 Å². The lowest BCUT2D eigenvalue weighted by atomic mass is 9.88. The van der Waals surface area contributed by atoms with Crippen LogP contribution in [-0.4, -0.2) is 62.4 Å². The molecule has 27 heavy (non-hydrogen) atoms. The van der Waals surface area contributed by atoms with Gasteiger partial charge < -0.3 is 24.4 Å². The van der Waals surface area contributed by atoms with Crippen molar-refractivity contribution < 1.29 is 38.8 Å². The van der Waals surface area contributed by atoms with Crippen LogP contribution in [0.15, 0.2) is 0 Å². The fraction of sp³-hybridized carbons (Fsp3) is 0.824. The summed E-state index contributed by atoms with van der Waals surface area (Å²) in [5.41, 5.74) is -1.06. The molecule has 8 nitrogen and oxygen atoms in total. The number of halogens is 2. The van der Waals surface area contributed by atoms with Gasteiger partial charge in [-0.2, -0.15) is 0 Å². The largest absolute Gasteiger partial charge is 0.459 e. The lowest BCUT2D eigenvalue weighted by Crippen LogP contribution is -2.51. The van der Waals surface area contributed by atoms with Crippen molar-refractivity contribution in [2.45, 2.75) is 62.4 Å². The van der Waals surface area contributed by atoms with Crippen LogP contribution in [0.25, 0.3) is 0 Å². The van der Waals surface area contributed by atoms with E-state index in [2.05, 4.69) is 31.9 Å². The predicted molar refractivity (Wildman–Crippen MR) is 104 cm³/mol. The average molecular weight is 520 g/mol. The normalized spacial score (nSPS) is 13.1. The number of rotatable bonds is 10. The van der Waals surface area contributed by atoms with Gasteiger partial charge in [-0.3, -0.25) is 9.59 Å². The van der Waals surface area contributed by atoms with E-state index in [4.69, 9.17) is 14.2 Å². The molecule has 0 saturated carbocycles. The van der Waals surface area contributed by atoms with Crippen LogP contribution < -0.4 is 0 Å². The second-order valence-electron chi connectivity index (χ2n) is 7.42. The number of carbonyl (C=O) groups is 3. The smallest absolute Gasteiger partial charge is 0.392 e. The highest BCUT2D eigenvalue weighted by Gasteiger charge is 2.48. The first kappa shape index (κ1) is 26.3. The molecule has 0 aromatic rings. The maximum atomic E-state index is 12.6. The molecule has 0 rings (SSSR count). The summed E-state index contributed by atoms with van der Waals surface area (Å²) in [5.74, 6) is -5.20. The van der Waals surface area contributed by atoms with Gasteiger partial charge in [0.05, 0.1) is 18.6 Å². The molecule has 0 aliphatic carbocycles. The lowest BCUT2D eigenvalue weighted by Gasteiger charge is -2.33. The summed E-state index contributed by atoms with van der Waals surface area (Å²) in [6.45, 7) is 7.59. The molecule has 0 aliphatic heterocycles. The van der Waals surface area contributed by atoms with Crippen LogP contribution >= 0.6 is 31.9 Å². The summed E-state index contributed by atoms with van der Waals surface area (Å²) >= 11 is 6.23. The van der Waals surface area contributed by atoms with Crippen molar-refractivity contribution in [1.82, 2.24) is 0 Å². The van der Waals surface area contributed by atoms with Crippen LogP contribution in [0, 0.1) is 5.41 Å². The monoisotopic (exact) mass is 518 g/mol. The molecule has 0 spiro atoms. The Morgan fingerprint density at radius 3 is 1.44 bits per heavy atom. The molecule has 158 valence electrons. The van der Waals surface area contributed by atoms with Gasteiger partial charge in [-0.15, -0.1) is 0 Å². The van der Waals surface area contributed by atoms with Crippen LogP contribution in [0.3, 0.4) is 0 Å². The van der Waals surface area contributed by atoms with Crippen molar-refractivity contribution in [1.29, 1.82) is 0 Å². The minimum atomic E-state index is -2.35. The second kappa shape index (κ2) is 9.67. The van der Waals surface area contributed by atoms with Crippen molar-refractivity contribution in [3.05, 3.63) is 0 Å². The van der Waals surface area contributed by atoms with E-state index in [1.165, 1.54) is 27.7 Å². The average Bonchev–Trinajstić information content (AvgIpc) is 2.54. The van der Waals surface area contributed by atoms with Gasteiger partial charge in [-0.05, 0) is 34.1 Å². The fourth-order valence-electron chi connectivity index (χ4n) is 1.52. The van der Waals surface area contributed by atoms with Crippen molar-refractivity contribution in [2.75, 3.05) is 19.8 Å². The molecule has 0 radical (unpaired) electrons. The third-order valence-corrected chi connectivity index (χ3v) is 4.49. The summed E-state index contributed by atoms with van der Waals surface area (Å²) in [6, 6.07) is 0. The first-order valence-corrected chi connectivity index (χ1v) is 9.89. The Kier molecular flexibility index (Phi) is 9.41. The maximum absolute atomic E-state index is 12.6. The number of carbonyl (C=O) groups excluding carboxylic acids is 3. The molecule has 0 atom stereocenters. The molecule has 0 fully saturated rings. The van der Waals surface area contributed by atoms with Crippen LogP contribution in [0.5, 0.6) is 0 Å². The Morgan fingerprint density at radius 2 is 1.19 bits per heavy atom. The van der Waals surface area contributed by atoms with Gasteiger partial charge in [-0.1, -0.05) is 38.8 Å². The van der Waals surface area contributed by atoms with Gasteiger partial charge in [0, 0.05) is 6.92 Å². The summed E-state index contributed by atoms with van der Waals surface area (Å²) in [7, 11) is 0. The summed E-state index contributed by atoms with van der Waals surface area (Å²) in [6.07, 6.45) is 0.326. The Balaban J connectivity index is 5.60. The van der Waals surface area contributed by atoms with Gasteiger partial charge in [0.25, 0.3) is 0 Å². The van der Waals surface area contributed by atoms with Crippen LogP contribution in [0.1, 0.15) is 48.0 Å². The highest BCUT2D eigenvalue weighted by atomic mass is 79.9. The third-order valence-electron chi connectivity index (χ3n) is 3.85. The number of hydrogen-bond donors (Lipinski definition) is 2. The molecular weight excluding hydrogens is 492 g/mol. The van der Waals surface area contributed by atoms with E-state index in [-0.39, 0.29) is 6.61 Å². The molecule has 0 bridgehead atoms. The van der Waals surface area contributed by atoms with Crippen molar-refractivity contribution >= 4 is 49.8 Å². The standard InChI is InChI=1S/C17H28Br2O8/c1-7-17(8-20,9-21)10-25-13(24)16(6,26-11(22)14(2,3)18)27-12(23)15(4,5)19/h20-21H,7-10H2,1-6H3. The number of aliphatic hydroxyl groups excluding tert-OH is 2. The number of ether oxygens (including phenoxy) is 3. The summed E-state index contributed by atoms with van der Waals surface area (Å²) < 4.78 is 13.1. The van der Waals surface area contributed by atoms with E-state index >= 15 is 0 Å². The van der Waals surface area contributed by atoms with E-state index in [1.54, 1.807) is 6.92 Å². The molecule has 0 aromatic carbocycles. The number of alkyl halides is 2. The molecule has 0 aromatic heterocycles. The third kappa shape index (κ3) is 7.67. The van der Waals surface area contributed by atoms with Gasteiger partial charge in [0.2, 0.25) is 0 Å². The Morgan fingerprint density at radius 1 is 0.815 bits per heavy atom. The van der Waals surface area contributed by atoms with E-state index in [0.29, 0.717) is 6.42 Å². The first-order chi connectivity index (χ1) is 12.1. The van der Waals surface area contributed by atoms with Gasteiger partial charge >= 0.3 is 23.7 Å². The Hall–Kier alpha value is -0.710. The molecule has 0 aliphatic rings. The molecule has 10 heteroatoms. The van der Waals surface area contributed by atoms with Crippen molar-refractivity contribution in [3.63, 3.8) is 0 Å². The zero-order valence-electron chi connectivity index (χ0n) is 16.4. The second-order valence-corrected chi connectivity index (χ2v) is 11.4. The summed E-state index contributed by atoms with van der Waals surface area (Å²) in [4.78, 5) is 37.1.